The minimum atomic E-state index is -3.15. The molecule has 16 heavy (non-hydrogen) atoms. The second-order valence-corrected chi connectivity index (χ2v) is 5.70. The molecule has 3 heteroatoms. The summed E-state index contributed by atoms with van der Waals surface area (Å²) in [6.45, 7) is 4.09. The fourth-order valence-corrected chi connectivity index (χ4v) is 2.71. The van der Waals surface area contributed by atoms with Gasteiger partial charge in [0.1, 0.15) is 0 Å². The molecule has 0 aliphatic carbocycles. The Hall–Kier alpha value is -1.09. The van der Waals surface area contributed by atoms with Gasteiger partial charge in [0.2, 0.25) is 0 Å². The van der Waals surface area contributed by atoms with Crippen LogP contribution in [-0.2, 0) is 9.84 Å². The van der Waals surface area contributed by atoms with Crippen molar-refractivity contribution in [2.24, 2.45) is 0 Å². The minimum absolute atomic E-state index is 0.105. The van der Waals surface area contributed by atoms with E-state index >= 15 is 0 Å². The van der Waals surface area contributed by atoms with Gasteiger partial charge in [-0.1, -0.05) is 43.7 Å². The van der Waals surface area contributed by atoms with Crippen LogP contribution in [0.5, 0.6) is 0 Å². The van der Waals surface area contributed by atoms with Gasteiger partial charge in [-0.2, -0.15) is 0 Å². The third-order valence-electron chi connectivity index (χ3n) is 2.60. The van der Waals surface area contributed by atoms with E-state index in [1.807, 2.05) is 26.0 Å². The summed E-state index contributed by atoms with van der Waals surface area (Å²) in [6.07, 6.45) is 3.67. The van der Waals surface area contributed by atoms with Gasteiger partial charge in [-0.15, -0.1) is 0 Å². The van der Waals surface area contributed by atoms with Crippen molar-refractivity contribution >= 4 is 9.84 Å². The molecule has 0 bridgehead atoms. The number of benzene rings is 1. The van der Waals surface area contributed by atoms with Crippen LogP contribution in [0.3, 0.4) is 0 Å². The molecular formula is C13H18O2S. The molecule has 0 saturated heterocycles. The smallest absolute Gasteiger partial charge is 0.181 e. The van der Waals surface area contributed by atoms with Crippen LogP contribution in [0.1, 0.15) is 26.7 Å². The molecule has 0 aromatic heterocycles. The van der Waals surface area contributed by atoms with Crippen molar-refractivity contribution in [2.45, 2.75) is 31.6 Å². The molecule has 0 unspecified atom stereocenters. The molecule has 1 aromatic rings. The van der Waals surface area contributed by atoms with E-state index in [1.54, 1.807) is 24.3 Å². The SMILES string of the molecule is CCC(=CCS(=O)(=O)c1ccccc1)CC. The molecule has 1 aromatic carbocycles. The van der Waals surface area contributed by atoms with Gasteiger partial charge in [0.25, 0.3) is 0 Å². The van der Waals surface area contributed by atoms with Crippen LogP contribution in [0.25, 0.3) is 0 Å². The van der Waals surface area contributed by atoms with Crippen molar-refractivity contribution in [2.75, 3.05) is 5.75 Å². The molecule has 88 valence electrons. The third kappa shape index (κ3) is 3.49. The van der Waals surface area contributed by atoms with Crippen molar-refractivity contribution in [1.29, 1.82) is 0 Å². The van der Waals surface area contributed by atoms with Crippen LogP contribution in [-0.4, -0.2) is 14.2 Å². The predicted molar refractivity (Wildman–Crippen MR) is 67.2 cm³/mol. The Morgan fingerprint density at radius 1 is 1.12 bits per heavy atom. The fourth-order valence-electron chi connectivity index (χ4n) is 1.49. The van der Waals surface area contributed by atoms with Crippen LogP contribution >= 0.6 is 0 Å². The first-order chi connectivity index (χ1) is 7.60. The summed E-state index contributed by atoms with van der Waals surface area (Å²) in [5, 5.41) is 0. The topological polar surface area (TPSA) is 34.1 Å². The normalized spacial score (nSPS) is 11.1. The molecule has 0 spiro atoms. The van der Waals surface area contributed by atoms with Gasteiger partial charge in [-0.3, -0.25) is 0 Å². The van der Waals surface area contributed by atoms with Crippen molar-refractivity contribution < 1.29 is 8.42 Å². The lowest BCUT2D eigenvalue weighted by Gasteiger charge is -2.03. The lowest BCUT2D eigenvalue weighted by Crippen LogP contribution is -2.05. The van der Waals surface area contributed by atoms with E-state index in [0.717, 1.165) is 12.8 Å². The summed E-state index contributed by atoms with van der Waals surface area (Å²) < 4.78 is 23.8. The maximum absolute atomic E-state index is 11.9. The predicted octanol–water partition coefficient (Wildman–Crippen LogP) is 3.21. The Morgan fingerprint density at radius 2 is 1.69 bits per heavy atom. The zero-order valence-electron chi connectivity index (χ0n) is 9.81. The average molecular weight is 238 g/mol. The van der Waals surface area contributed by atoms with Crippen LogP contribution in [0, 0.1) is 0 Å². The Kier molecular flexibility index (Phi) is 4.74. The van der Waals surface area contributed by atoms with E-state index in [2.05, 4.69) is 0 Å². The lowest BCUT2D eigenvalue weighted by molar-refractivity contribution is 0.599. The zero-order valence-corrected chi connectivity index (χ0v) is 10.6. The quantitative estimate of drug-likeness (QED) is 0.738. The summed E-state index contributed by atoms with van der Waals surface area (Å²) in [5.41, 5.74) is 1.19. The standard InChI is InChI=1S/C13H18O2S/c1-3-12(4-2)10-11-16(14,15)13-8-6-5-7-9-13/h5-10H,3-4,11H2,1-2H3. The molecular weight excluding hydrogens is 220 g/mol. The zero-order chi connectivity index (χ0) is 12.0. The number of hydrogen-bond donors (Lipinski definition) is 0. The van der Waals surface area contributed by atoms with E-state index in [0.29, 0.717) is 4.90 Å². The molecule has 0 amide bonds. The van der Waals surface area contributed by atoms with Crippen molar-refractivity contribution in [3.05, 3.63) is 42.0 Å². The summed E-state index contributed by atoms with van der Waals surface area (Å²) in [4.78, 5) is 0.401. The molecule has 0 fully saturated rings. The highest BCUT2D eigenvalue weighted by Crippen LogP contribution is 2.12. The molecule has 0 aliphatic rings. The summed E-state index contributed by atoms with van der Waals surface area (Å²) in [5.74, 6) is 0.105. The molecule has 0 aliphatic heterocycles. The number of allylic oxidation sites excluding steroid dienone is 1. The lowest BCUT2D eigenvalue weighted by atomic mass is 10.1. The molecule has 1 rings (SSSR count). The van der Waals surface area contributed by atoms with Crippen molar-refractivity contribution in [1.82, 2.24) is 0 Å². The van der Waals surface area contributed by atoms with Crippen LogP contribution in [0.4, 0.5) is 0 Å². The first kappa shape index (κ1) is 13.0. The van der Waals surface area contributed by atoms with E-state index in [4.69, 9.17) is 0 Å². The van der Waals surface area contributed by atoms with E-state index in [1.165, 1.54) is 5.57 Å². The van der Waals surface area contributed by atoms with Gasteiger partial charge in [0.05, 0.1) is 10.6 Å². The Labute approximate surface area is 97.9 Å². The van der Waals surface area contributed by atoms with E-state index in [9.17, 15) is 8.42 Å². The van der Waals surface area contributed by atoms with Crippen molar-refractivity contribution in [3.8, 4) is 0 Å². The minimum Gasteiger partial charge on any atom is -0.223 e. The maximum Gasteiger partial charge on any atom is 0.181 e. The number of hydrogen-bond acceptors (Lipinski definition) is 2. The van der Waals surface area contributed by atoms with E-state index < -0.39 is 9.84 Å². The second kappa shape index (κ2) is 5.85. The molecule has 2 nitrogen and oxygen atoms in total. The summed E-state index contributed by atoms with van der Waals surface area (Å²) >= 11 is 0. The largest absolute Gasteiger partial charge is 0.223 e. The Bertz CT molecular complexity index is 438. The highest BCUT2D eigenvalue weighted by molar-refractivity contribution is 7.91. The monoisotopic (exact) mass is 238 g/mol. The number of rotatable bonds is 5. The highest BCUT2D eigenvalue weighted by atomic mass is 32.2. The Morgan fingerprint density at radius 3 is 2.19 bits per heavy atom. The molecule has 0 radical (unpaired) electrons. The van der Waals surface area contributed by atoms with Gasteiger partial charge in [0, 0.05) is 0 Å². The van der Waals surface area contributed by atoms with Gasteiger partial charge >= 0.3 is 0 Å². The van der Waals surface area contributed by atoms with Crippen LogP contribution in [0.2, 0.25) is 0 Å². The van der Waals surface area contributed by atoms with Crippen LogP contribution in [0.15, 0.2) is 46.9 Å². The van der Waals surface area contributed by atoms with Gasteiger partial charge in [-0.05, 0) is 25.0 Å². The number of sulfone groups is 1. The first-order valence-electron chi connectivity index (χ1n) is 5.56. The van der Waals surface area contributed by atoms with E-state index in [-0.39, 0.29) is 5.75 Å². The average Bonchev–Trinajstić information content (AvgIpc) is 2.31. The molecule has 0 atom stereocenters. The summed E-state index contributed by atoms with van der Waals surface area (Å²) in [7, 11) is -3.15. The molecule has 0 saturated carbocycles. The highest BCUT2D eigenvalue weighted by Gasteiger charge is 2.11. The fraction of sp³-hybridized carbons (Fsp3) is 0.385. The van der Waals surface area contributed by atoms with Gasteiger partial charge in [0.15, 0.2) is 9.84 Å². The first-order valence-corrected chi connectivity index (χ1v) is 7.21. The summed E-state index contributed by atoms with van der Waals surface area (Å²) in [6, 6.07) is 8.59. The van der Waals surface area contributed by atoms with Gasteiger partial charge in [-0.25, -0.2) is 8.42 Å². The van der Waals surface area contributed by atoms with Gasteiger partial charge < -0.3 is 0 Å². The second-order valence-electron chi connectivity index (χ2n) is 3.66. The van der Waals surface area contributed by atoms with Crippen LogP contribution < -0.4 is 0 Å². The van der Waals surface area contributed by atoms with Crippen molar-refractivity contribution in [3.63, 3.8) is 0 Å². The molecule has 0 N–H and O–H groups in total. The maximum atomic E-state index is 11.9. The third-order valence-corrected chi connectivity index (χ3v) is 4.20. The molecule has 0 heterocycles. The Balaban J connectivity index is 2.85.